The first kappa shape index (κ1) is 9.84. The van der Waals surface area contributed by atoms with Gasteiger partial charge >= 0.3 is 0 Å². The minimum atomic E-state index is 0.691. The molecular weight excluding hydrogens is 214 g/mol. The molecule has 0 aromatic carbocycles. The van der Waals surface area contributed by atoms with Crippen molar-refractivity contribution in [2.45, 2.75) is 10.2 Å². The van der Waals surface area contributed by atoms with Gasteiger partial charge in [0.1, 0.15) is 17.2 Å². The molecule has 0 amide bonds. The normalized spacial score (nSPS) is 10.3. The van der Waals surface area contributed by atoms with E-state index in [4.69, 9.17) is 0 Å². The van der Waals surface area contributed by atoms with Crippen LogP contribution in [0.15, 0.2) is 22.6 Å². The fourth-order valence-corrected chi connectivity index (χ4v) is 1.64. The number of aryl methyl sites for hydroxylation is 1. The first-order valence-electron chi connectivity index (χ1n) is 4.19. The third-order valence-electron chi connectivity index (χ3n) is 1.68. The first-order chi connectivity index (χ1) is 7.29. The molecule has 0 saturated carbocycles. The molecule has 2 rings (SSSR count). The van der Waals surface area contributed by atoms with Crippen LogP contribution in [0.3, 0.4) is 0 Å². The zero-order valence-corrected chi connectivity index (χ0v) is 9.06. The molecule has 0 spiro atoms. The van der Waals surface area contributed by atoms with Gasteiger partial charge in [-0.3, -0.25) is 0 Å². The van der Waals surface area contributed by atoms with Gasteiger partial charge < -0.3 is 5.32 Å². The third kappa shape index (κ3) is 2.21. The maximum Gasteiger partial charge on any atom is 0.215 e. The van der Waals surface area contributed by atoms with Crippen LogP contribution in [-0.2, 0) is 7.05 Å². The summed E-state index contributed by atoms with van der Waals surface area (Å²) in [6, 6.07) is 1.83. The Labute approximate surface area is 90.3 Å². The van der Waals surface area contributed by atoms with E-state index in [1.54, 1.807) is 18.8 Å². The van der Waals surface area contributed by atoms with E-state index in [-0.39, 0.29) is 0 Å². The van der Waals surface area contributed by atoms with E-state index >= 15 is 0 Å². The molecule has 2 aromatic heterocycles. The molecule has 0 saturated heterocycles. The van der Waals surface area contributed by atoms with E-state index in [1.807, 2.05) is 6.07 Å². The van der Waals surface area contributed by atoms with Crippen molar-refractivity contribution >= 4 is 17.6 Å². The first-order valence-corrected chi connectivity index (χ1v) is 5.01. The Hall–Kier alpha value is -1.70. The number of aromatic nitrogens is 6. The van der Waals surface area contributed by atoms with Gasteiger partial charge in [0.25, 0.3) is 0 Å². The Morgan fingerprint density at radius 2 is 2.27 bits per heavy atom. The van der Waals surface area contributed by atoms with Crippen LogP contribution in [0, 0.1) is 0 Å². The standard InChI is InChI=1S/C7H9N7S/c1-8-5-3-6(10-4-9-5)15-7-11-12-13-14(7)2/h3-4H,1-2H3,(H,8,9,10). The zero-order valence-electron chi connectivity index (χ0n) is 8.25. The van der Waals surface area contributed by atoms with E-state index < -0.39 is 0 Å². The Kier molecular flexibility index (Phi) is 2.77. The second kappa shape index (κ2) is 4.22. The second-order valence-electron chi connectivity index (χ2n) is 2.68. The van der Waals surface area contributed by atoms with Crippen molar-refractivity contribution in [1.29, 1.82) is 0 Å². The van der Waals surface area contributed by atoms with Gasteiger partial charge in [-0.1, -0.05) is 0 Å². The van der Waals surface area contributed by atoms with Crippen molar-refractivity contribution in [2.75, 3.05) is 12.4 Å². The van der Waals surface area contributed by atoms with Gasteiger partial charge in [-0.2, -0.15) is 0 Å². The lowest BCUT2D eigenvalue weighted by Gasteiger charge is -2.00. The molecule has 2 heterocycles. The summed E-state index contributed by atoms with van der Waals surface area (Å²) < 4.78 is 1.59. The summed E-state index contributed by atoms with van der Waals surface area (Å²) >= 11 is 1.39. The number of anilines is 1. The maximum atomic E-state index is 4.11. The number of hydrogen-bond acceptors (Lipinski definition) is 7. The highest BCUT2D eigenvalue weighted by Crippen LogP contribution is 2.23. The fraction of sp³-hybridized carbons (Fsp3) is 0.286. The average Bonchev–Trinajstić information content (AvgIpc) is 2.65. The fourth-order valence-electron chi connectivity index (χ4n) is 0.933. The van der Waals surface area contributed by atoms with Crippen LogP contribution in [0.1, 0.15) is 0 Å². The van der Waals surface area contributed by atoms with Crippen LogP contribution in [0.5, 0.6) is 0 Å². The SMILES string of the molecule is CNc1cc(Sc2nnnn2C)ncn1. The molecule has 0 fully saturated rings. The highest BCUT2D eigenvalue weighted by molar-refractivity contribution is 7.99. The van der Waals surface area contributed by atoms with Gasteiger partial charge in [0, 0.05) is 20.2 Å². The van der Waals surface area contributed by atoms with Crippen molar-refractivity contribution in [3.8, 4) is 0 Å². The highest BCUT2D eigenvalue weighted by atomic mass is 32.2. The Balaban J connectivity index is 2.21. The van der Waals surface area contributed by atoms with E-state index in [0.29, 0.717) is 5.16 Å². The lowest BCUT2D eigenvalue weighted by Crippen LogP contribution is -1.95. The van der Waals surface area contributed by atoms with Crippen molar-refractivity contribution in [3.05, 3.63) is 12.4 Å². The van der Waals surface area contributed by atoms with Gasteiger partial charge in [0.15, 0.2) is 0 Å². The van der Waals surface area contributed by atoms with Crippen LogP contribution in [0.4, 0.5) is 5.82 Å². The van der Waals surface area contributed by atoms with Crippen LogP contribution >= 0.6 is 11.8 Å². The second-order valence-corrected chi connectivity index (χ2v) is 3.67. The Bertz CT molecular complexity index is 454. The van der Waals surface area contributed by atoms with Gasteiger partial charge in [0.05, 0.1) is 0 Å². The molecular formula is C7H9N7S. The summed E-state index contributed by atoms with van der Waals surface area (Å²) in [6.07, 6.45) is 1.50. The van der Waals surface area contributed by atoms with E-state index in [9.17, 15) is 0 Å². The monoisotopic (exact) mass is 223 g/mol. The minimum absolute atomic E-state index is 0.691. The summed E-state index contributed by atoms with van der Waals surface area (Å²) in [5, 5.41) is 15.6. The molecule has 7 nitrogen and oxygen atoms in total. The average molecular weight is 223 g/mol. The van der Waals surface area contributed by atoms with Crippen LogP contribution in [-0.4, -0.2) is 37.2 Å². The predicted octanol–water partition coefficient (Wildman–Crippen LogP) is 0.193. The van der Waals surface area contributed by atoms with E-state index in [0.717, 1.165) is 10.8 Å². The van der Waals surface area contributed by atoms with Gasteiger partial charge in [-0.05, 0) is 22.2 Å². The Morgan fingerprint density at radius 3 is 2.93 bits per heavy atom. The highest BCUT2D eigenvalue weighted by Gasteiger charge is 2.06. The number of rotatable bonds is 3. The number of nitrogens with one attached hydrogen (secondary N) is 1. The quantitative estimate of drug-likeness (QED) is 0.744. The molecule has 0 bridgehead atoms. The van der Waals surface area contributed by atoms with Crippen LogP contribution in [0.2, 0.25) is 0 Å². The largest absolute Gasteiger partial charge is 0.373 e. The molecule has 0 aliphatic carbocycles. The van der Waals surface area contributed by atoms with Crippen molar-refractivity contribution < 1.29 is 0 Å². The van der Waals surface area contributed by atoms with Crippen molar-refractivity contribution in [3.63, 3.8) is 0 Å². The lowest BCUT2D eigenvalue weighted by molar-refractivity contribution is 0.664. The topological polar surface area (TPSA) is 81.4 Å². The van der Waals surface area contributed by atoms with Gasteiger partial charge in [0.2, 0.25) is 5.16 Å². The molecule has 78 valence electrons. The molecule has 8 heteroatoms. The molecule has 15 heavy (non-hydrogen) atoms. The van der Waals surface area contributed by atoms with Crippen LogP contribution < -0.4 is 5.32 Å². The van der Waals surface area contributed by atoms with Crippen molar-refractivity contribution in [1.82, 2.24) is 30.2 Å². The molecule has 0 unspecified atom stereocenters. The summed E-state index contributed by atoms with van der Waals surface area (Å²) in [6.45, 7) is 0. The molecule has 0 radical (unpaired) electrons. The number of nitrogens with zero attached hydrogens (tertiary/aromatic N) is 6. The molecule has 2 aromatic rings. The van der Waals surface area contributed by atoms with Crippen molar-refractivity contribution in [2.24, 2.45) is 7.05 Å². The van der Waals surface area contributed by atoms with Gasteiger partial charge in [-0.15, -0.1) is 5.10 Å². The maximum absolute atomic E-state index is 4.11. The van der Waals surface area contributed by atoms with E-state index in [1.165, 1.54) is 18.1 Å². The zero-order chi connectivity index (χ0) is 10.7. The van der Waals surface area contributed by atoms with E-state index in [2.05, 4.69) is 30.8 Å². The smallest absolute Gasteiger partial charge is 0.215 e. The number of hydrogen-bond donors (Lipinski definition) is 1. The summed E-state index contributed by atoms with van der Waals surface area (Å²) in [5.74, 6) is 0.766. The summed E-state index contributed by atoms with van der Waals surface area (Å²) in [4.78, 5) is 8.12. The molecule has 0 aliphatic rings. The molecule has 0 aliphatic heterocycles. The third-order valence-corrected chi connectivity index (χ3v) is 2.64. The lowest BCUT2D eigenvalue weighted by atomic mass is 10.6. The Morgan fingerprint density at radius 1 is 1.40 bits per heavy atom. The predicted molar refractivity (Wildman–Crippen MR) is 54.5 cm³/mol. The van der Waals surface area contributed by atoms with Crippen LogP contribution in [0.25, 0.3) is 0 Å². The summed E-state index contributed by atoms with van der Waals surface area (Å²) in [5.41, 5.74) is 0. The molecule has 1 N–H and O–H groups in total. The number of tetrazole rings is 1. The summed E-state index contributed by atoms with van der Waals surface area (Å²) in [7, 11) is 3.59. The molecule has 0 atom stereocenters. The minimum Gasteiger partial charge on any atom is -0.373 e. The van der Waals surface area contributed by atoms with Gasteiger partial charge in [-0.25, -0.2) is 14.6 Å².